The fourth-order valence-electron chi connectivity index (χ4n) is 1.49. The molecule has 0 amide bonds. The lowest BCUT2D eigenvalue weighted by Crippen LogP contribution is -2.29. The van der Waals surface area contributed by atoms with Gasteiger partial charge in [-0.3, -0.25) is 11.3 Å². The highest BCUT2D eigenvalue weighted by molar-refractivity contribution is 9.10. The largest absolute Gasteiger partial charge is 0.271 e. The van der Waals surface area contributed by atoms with Crippen molar-refractivity contribution in [3.8, 4) is 0 Å². The van der Waals surface area contributed by atoms with Gasteiger partial charge in [-0.2, -0.15) is 0 Å². The molecule has 18 heavy (non-hydrogen) atoms. The maximum Gasteiger partial charge on any atom is 0.0658 e. The summed E-state index contributed by atoms with van der Waals surface area (Å²) < 4.78 is 2.24. The van der Waals surface area contributed by atoms with Crippen molar-refractivity contribution < 1.29 is 0 Å². The van der Waals surface area contributed by atoms with Crippen molar-refractivity contribution in [1.29, 1.82) is 0 Å². The van der Waals surface area contributed by atoms with Crippen molar-refractivity contribution in [2.75, 3.05) is 5.75 Å². The number of rotatable bonds is 5. The molecule has 2 nitrogen and oxygen atoms in total. The molecule has 1 aromatic heterocycles. The van der Waals surface area contributed by atoms with Crippen molar-refractivity contribution in [2.45, 2.75) is 10.9 Å². The zero-order valence-corrected chi connectivity index (χ0v) is 14.2. The number of thioether (sulfide) groups is 1. The van der Waals surface area contributed by atoms with Gasteiger partial charge in [0.25, 0.3) is 0 Å². The van der Waals surface area contributed by atoms with Crippen molar-refractivity contribution in [3.05, 3.63) is 49.5 Å². The second-order valence-corrected chi connectivity index (χ2v) is 7.31. The van der Waals surface area contributed by atoms with Gasteiger partial charge in [-0.15, -0.1) is 23.1 Å². The number of nitrogens with one attached hydrogen (secondary N) is 1. The fraction of sp³-hybridized carbons (Fsp3) is 0.167. The Morgan fingerprint density at radius 2 is 2.00 bits per heavy atom. The minimum absolute atomic E-state index is 0.150. The number of nitrogens with two attached hydrogens (primary N) is 1. The minimum atomic E-state index is 0.150. The van der Waals surface area contributed by atoms with Gasteiger partial charge in [-0.05, 0) is 55.4 Å². The molecule has 0 bridgehead atoms. The van der Waals surface area contributed by atoms with Crippen LogP contribution in [0.1, 0.15) is 10.9 Å². The molecule has 1 unspecified atom stereocenters. The highest BCUT2D eigenvalue weighted by atomic mass is 79.9. The third-order valence-corrected chi connectivity index (χ3v) is 6.51. The lowest BCUT2D eigenvalue weighted by Gasteiger charge is -2.15. The number of thiophene rings is 1. The van der Waals surface area contributed by atoms with Crippen LogP contribution in [0.4, 0.5) is 0 Å². The number of hydrogen-bond donors (Lipinski definition) is 2. The maximum absolute atomic E-state index is 5.65. The van der Waals surface area contributed by atoms with Gasteiger partial charge in [0.15, 0.2) is 0 Å². The van der Waals surface area contributed by atoms with Crippen LogP contribution >= 0.6 is 55.0 Å². The normalized spacial score (nSPS) is 12.6. The molecular formula is C12H12Br2N2S2. The number of benzene rings is 1. The Labute approximate surface area is 132 Å². The van der Waals surface area contributed by atoms with Gasteiger partial charge in [0.1, 0.15) is 0 Å². The summed E-state index contributed by atoms with van der Waals surface area (Å²) in [5.41, 5.74) is 2.88. The molecule has 2 aromatic rings. The molecule has 1 atom stereocenters. The van der Waals surface area contributed by atoms with Crippen LogP contribution in [0.2, 0.25) is 0 Å². The van der Waals surface area contributed by atoms with Crippen molar-refractivity contribution in [3.63, 3.8) is 0 Å². The standard InChI is InChI=1S/C12H12Br2N2S2/c13-8-3-1-2-4-11(8)18-7-10(16-15)12-9(14)5-6-17-12/h1-6,10,16H,7,15H2. The Bertz CT molecular complexity index is 516. The summed E-state index contributed by atoms with van der Waals surface area (Å²) >= 11 is 10.6. The van der Waals surface area contributed by atoms with E-state index >= 15 is 0 Å². The molecule has 0 radical (unpaired) electrons. The third kappa shape index (κ3) is 3.59. The van der Waals surface area contributed by atoms with Crippen LogP contribution in [0.15, 0.2) is 49.6 Å². The van der Waals surface area contributed by atoms with E-state index in [0.717, 1.165) is 14.7 Å². The Morgan fingerprint density at radius 1 is 1.22 bits per heavy atom. The van der Waals surface area contributed by atoms with Crippen LogP contribution in [0.25, 0.3) is 0 Å². The van der Waals surface area contributed by atoms with Crippen molar-refractivity contribution in [2.24, 2.45) is 5.84 Å². The van der Waals surface area contributed by atoms with E-state index in [1.54, 1.807) is 23.1 Å². The van der Waals surface area contributed by atoms with Crippen LogP contribution in [-0.4, -0.2) is 5.75 Å². The highest BCUT2D eigenvalue weighted by Gasteiger charge is 2.15. The van der Waals surface area contributed by atoms with Crippen LogP contribution in [0.5, 0.6) is 0 Å². The van der Waals surface area contributed by atoms with Gasteiger partial charge < -0.3 is 0 Å². The molecule has 0 fully saturated rings. The lowest BCUT2D eigenvalue weighted by atomic mass is 10.3. The molecule has 96 valence electrons. The Morgan fingerprint density at radius 3 is 2.61 bits per heavy atom. The number of hydrazine groups is 1. The second-order valence-electron chi connectivity index (χ2n) is 3.59. The predicted molar refractivity (Wildman–Crippen MR) is 86.9 cm³/mol. The van der Waals surface area contributed by atoms with Crippen LogP contribution < -0.4 is 11.3 Å². The average Bonchev–Trinajstić information content (AvgIpc) is 2.79. The summed E-state index contributed by atoms with van der Waals surface area (Å²) in [5.74, 6) is 6.53. The van der Waals surface area contributed by atoms with Crippen LogP contribution in [0.3, 0.4) is 0 Å². The van der Waals surface area contributed by atoms with Crippen LogP contribution in [-0.2, 0) is 0 Å². The molecule has 0 saturated carbocycles. The van der Waals surface area contributed by atoms with Gasteiger partial charge in [0.05, 0.1) is 6.04 Å². The van der Waals surface area contributed by atoms with E-state index in [1.165, 1.54) is 9.77 Å². The molecule has 6 heteroatoms. The lowest BCUT2D eigenvalue weighted by molar-refractivity contribution is 0.618. The van der Waals surface area contributed by atoms with E-state index in [0.29, 0.717) is 0 Å². The number of halogens is 2. The van der Waals surface area contributed by atoms with Crippen molar-refractivity contribution >= 4 is 55.0 Å². The van der Waals surface area contributed by atoms with E-state index < -0.39 is 0 Å². The first-order chi connectivity index (χ1) is 8.72. The van der Waals surface area contributed by atoms with Crippen molar-refractivity contribution in [1.82, 2.24) is 5.43 Å². The van der Waals surface area contributed by atoms with E-state index in [-0.39, 0.29) is 6.04 Å². The predicted octanol–water partition coefficient (Wildman–Crippen LogP) is 4.57. The molecule has 0 aliphatic heterocycles. The first-order valence-electron chi connectivity index (χ1n) is 5.28. The monoisotopic (exact) mass is 406 g/mol. The molecule has 2 rings (SSSR count). The molecule has 0 spiro atoms. The molecule has 0 saturated heterocycles. The smallest absolute Gasteiger partial charge is 0.0658 e. The molecule has 1 aromatic carbocycles. The summed E-state index contributed by atoms with van der Waals surface area (Å²) in [6, 6.07) is 10.4. The van der Waals surface area contributed by atoms with E-state index in [9.17, 15) is 0 Å². The van der Waals surface area contributed by atoms with Gasteiger partial charge in [0, 0.05) is 24.5 Å². The zero-order chi connectivity index (χ0) is 13.0. The minimum Gasteiger partial charge on any atom is -0.271 e. The fourth-order valence-corrected chi connectivity index (χ4v) is 4.92. The summed E-state index contributed by atoms with van der Waals surface area (Å²) in [6.45, 7) is 0. The maximum atomic E-state index is 5.65. The van der Waals surface area contributed by atoms with Gasteiger partial charge in [-0.1, -0.05) is 12.1 Å². The first-order valence-corrected chi connectivity index (χ1v) is 8.74. The average molecular weight is 408 g/mol. The molecule has 0 aliphatic rings. The zero-order valence-electron chi connectivity index (χ0n) is 9.40. The SMILES string of the molecule is NNC(CSc1ccccc1Br)c1sccc1Br. The van der Waals surface area contributed by atoms with E-state index in [4.69, 9.17) is 5.84 Å². The highest BCUT2D eigenvalue weighted by Crippen LogP contribution is 2.34. The molecule has 3 N–H and O–H groups in total. The quantitative estimate of drug-likeness (QED) is 0.433. The Hall–Kier alpha value is 0.150. The molecular weight excluding hydrogens is 396 g/mol. The van der Waals surface area contributed by atoms with E-state index in [2.05, 4.69) is 48.7 Å². The summed E-state index contributed by atoms with van der Waals surface area (Å²) in [5, 5.41) is 2.06. The van der Waals surface area contributed by atoms with Crippen LogP contribution in [0, 0.1) is 0 Å². The Balaban J connectivity index is 2.05. The van der Waals surface area contributed by atoms with Gasteiger partial charge >= 0.3 is 0 Å². The van der Waals surface area contributed by atoms with Gasteiger partial charge in [-0.25, -0.2) is 0 Å². The summed E-state index contributed by atoms with van der Waals surface area (Å²) in [4.78, 5) is 2.46. The first kappa shape index (κ1) is 14.6. The summed E-state index contributed by atoms with van der Waals surface area (Å²) in [7, 11) is 0. The number of hydrogen-bond acceptors (Lipinski definition) is 4. The topological polar surface area (TPSA) is 38.0 Å². The summed E-state index contributed by atoms with van der Waals surface area (Å²) in [6.07, 6.45) is 0. The molecule has 1 heterocycles. The second kappa shape index (κ2) is 7.07. The Kier molecular flexibility index (Phi) is 5.72. The van der Waals surface area contributed by atoms with Gasteiger partial charge in [0.2, 0.25) is 0 Å². The third-order valence-electron chi connectivity index (χ3n) is 2.40. The molecule has 0 aliphatic carbocycles. The van der Waals surface area contributed by atoms with E-state index in [1.807, 2.05) is 24.3 Å².